The zero-order valence-corrected chi connectivity index (χ0v) is 14.2. The van der Waals surface area contributed by atoms with E-state index in [1.807, 2.05) is 6.92 Å². The molecule has 0 heterocycles. The van der Waals surface area contributed by atoms with Gasteiger partial charge < -0.3 is 10.4 Å². The number of carbonyl (C=O) groups is 1. The van der Waals surface area contributed by atoms with Gasteiger partial charge in [0.25, 0.3) is 0 Å². The fourth-order valence-electron chi connectivity index (χ4n) is 4.03. The van der Waals surface area contributed by atoms with Crippen LogP contribution in [-0.4, -0.2) is 47.7 Å². The van der Waals surface area contributed by atoms with Gasteiger partial charge >= 0.3 is 0 Å². The summed E-state index contributed by atoms with van der Waals surface area (Å²) in [4.78, 5) is 14.5. The van der Waals surface area contributed by atoms with Crippen molar-refractivity contribution in [1.82, 2.24) is 10.2 Å². The molecule has 0 radical (unpaired) electrons. The standard InChI is InChI=1S/C18H34N2O2/c1-15(21)14-20(17-10-3-2-4-11-17)13-7-12-19-18(22)16-8-5-6-9-16/h15-17,21H,2-14H2,1H3,(H,19,22). The summed E-state index contributed by atoms with van der Waals surface area (Å²) < 4.78 is 0. The van der Waals surface area contributed by atoms with Crippen LogP contribution in [0.4, 0.5) is 0 Å². The van der Waals surface area contributed by atoms with E-state index < -0.39 is 0 Å². The predicted octanol–water partition coefficient (Wildman–Crippen LogP) is 2.70. The van der Waals surface area contributed by atoms with E-state index in [0.29, 0.717) is 6.04 Å². The predicted molar refractivity (Wildman–Crippen MR) is 89.7 cm³/mol. The van der Waals surface area contributed by atoms with Gasteiger partial charge in [0.15, 0.2) is 0 Å². The fourth-order valence-corrected chi connectivity index (χ4v) is 4.03. The van der Waals surface area contributed by atoms with E-state index in [2.05, 4.69) is 10.2 Å². The molecule has 4 nitrogen and oxygen atoms in total. The van der Waals surface area contributed by atoms with E-state index in [1.165, 1.54) is 44.9 Å². The Kier molecular flexibility index (Phi) is 7.67. The SMILES string of the molecule is CC(O)CN(CCCNC(=O)C1CCCC1)C1CCCCC1. The third-order valence-electron chi connectivity index (χ3n) is 5.24. The largest absolute Gasteiger partial charge is 0.392 e. The van der Waals surface area contributed by atoms with Crippen LogP contribution in [0.3, 0.4) is 0 Å². The van der Waals surface area contributed by atoms with Crippen molar-refractivity contribution in [3.05, 3.63) is 0 Å². The first-order valence-electron chi connectivity index (χ1n) is 9.36. The molecular formula is C18H34N2O2. The number of carbonyl (C=O) groups excluding carboxylic acids is 1. The van der Waals surface area contributed by atoms with Crippen LogP contribution in [0.25, 0.3) is 0 Å². The fraction of sp³-hybridized carbons (Fsp3) is 0.944. The zero-order valence-electron chi connectivity index (χ0n) is 14.2. The molecule has 1 atom stereocenters. The molecule has 0 aliphatic heterocycles. The molecule has 22 heavy (non-hydrogen) atoms. The first-order valence-corrected chi connectivity index (χ1v) is 9.36. The molecule has 4 heteroatoms. The number of hydrogen-bond donors (Lipinski definition) is 2. The highest BCUT2D eigenvalue weighted by atomic mass is 16.3. The molecule has 0 aromatic rings. The van der Waals surface area contributed by atoms with Gasteiger partial charge in [-0.2, -0.15) is 0 Å². The van der Waals surface area contributed by atoms with Crippen LogP contribution in [0.1, 0.15) is 71.1 Å². The zero-order chi connectivity index (χ0) is 15.8. The first kappa shape index (κ1) is 17.7. The highest BCUT2D eigenvalue weighted by molar-refractivity contribution is 5.78. The number of aliphatic hydroxyl groups excluding tert-OH is 1. The summed E-state index contributed by atoms with van der Waals surface area (Å²) in [6, 6.07) is 0.633. The maximum atomic E-state index is 12.0. The lowest BCUT2D eigenvalue weighted by atomic mass is 9.94. The average molecular weight is 310 g/mol. The molecule has 0 aromatic heterocycles. The van der Waals surface area contributed by atoms with Crippen molar-refractivity contribution in [2.24, 2.45) is 5.92 Å². The summed E-state index contributed by atoms with van der Waals surface area (Å²) in [5.41, 5.74) is 0. The summed E-state index contributed by atoms with van der Waals surface area (Å²) in [6.45, 7) is 4.40. The van der Waals surface area contributed by atoms with Crippen LogP contribution >= 0.6 is 0 Å². The smallest absolute Gasteiger partial charge is 0.223 e. The minimum Gasteiger partial charge on any atom is -0.392 e. The molecule has 1 amide bonds. The Hall–Kier alpha value is -0.610. The van der Waals surface area contributed by atoms with Gasteiger partial charge in [-0.25, -0.2) is 0 Å². The van der Waals surface area contributed by atoms with Gasteiger partial charge in [0.1, 0.15) is 0 Å². The summed E-state index contributed by atoms with van der Waals surface area (Å²) in [5, 5.41) is 12.8. The van der Waals surface area contributed by atoms with Crippen molar-refractivity contribution in [2.45, 2.75) is 83.3 Å². The summed E-state index contributed by atoms with van der Waals surface area (Å²) in [5.74, 6) is 0.532. The van der Waals surface area contributed by atoms with Crippen molar-refractivity contribution in [2.75, 3.05) is 19.6 Å². The first-order chi connectivity index (χ1) is 10.7. The van der Waals surface area contributed by atoms with Gasteiger partial charge in [-0.3, -0.25) is 9.69 Å². The van der Waals surface area contributed by atoms with Crippen molar-refractivity contribution < 1.29 is 9.90 Å². The van der Waals surface area contributed by atoms with E-state index in [9.17, 15) is 9.90 Å². The lowest BCUT2D eigenvalue weighted by Crippen LogP contribution is -2.42. The van der Waals surface area contributed by atoms with Gasteiger partial charge in [0.2, 0.25) is 5.91 Å². The number of amides is 1. The number of nitrogens with one attached hydrogen (secondary N) is 1. The second-order valence-corrected chi connectivity index (χ2v) is 7.26. The van der Waals surface area contributed by atoms with Crippen LogP contribution in [-0.2, 0) is 4.79 Å². The number of nitrogens with zero attached hydrogens (tertiary/aromatic N) is 1. The Morgan fingerprint density at radius 2 is 1.77 bits per heavy atom. The lowest BCUT2D eigenvalue weighted by molar-refractivity contribution is -0.124. The summed E-state index contributed by atoms with van der Waals surface area (Å²) in [7, 11) is 0. The van der Waals surface area contributed by atoms with E-state index >= 15 is 0 Å². The van der Waals surface area contributed by atoms with Gasteiger partial charge in [-0.05, 0) is 39.0 Å². The molecule has 0 spiro atoms. The third-order valence-corrected chi connectivity index (χ3v) is 5.24. The van der Waals surface area contributed by atoms with Crippen LogP contribution < -0.4 is 5.32 Å². The highest BCUT2D eigenvalue weighted by Gasteiger charge is 2.23. The van der Waals surface area contributed by atoms with E-state index in [4.69, 9.17) is 0 Å². The van der Waals surface area contributed by atoms with Crippen molar-refractivity contribution in [3.8, 4) is 0 Å². The van der Waals surface area contributed by atoms with Crippen molar-refractivity contribution in [1.29, 1.82) is 0 Å². The second-order valence-electron chi connectivity index (χ2n) is 7.26. The van der Waals surface area contributed by atoms with Gasteiger partial charge in [0, 0.05) is 31.6 Å². The monoisotopic (exact) mass is 310 g/mol. The highest BCUT2D eigenvalue weighted by Crippen LogP contribution is 2.25. The molecule has 1 unspecified atom stereocenters. The Morgan fingerprint density at radius 3 is 2.41 bits per heavy atom. The molecule has 2 aliphatic rings. The molecule has 2 fully saturated rings. The van der Waals surface area contributed by atoms with Crippen LogP contribution in [0.15, 0.2) is 0 Å². The molecule has 2 saturated carbocycles. The van der Waals surface area contributed by atoms with E-state index in [1.54, 1.807) is 0 Å². The third kappa shape index (κ3) is 5.88. The van der Waals surface area contributed by atoms with Crippen LogP contribution in [0, 0.1) is 5.92 Å². The lowest BCUT2D eigenvalue weighted by Gasteiger charge is -2.35. The molecule has 0 bridgehead atoms. The molecular weight excluding hydrogens is 276 g/mol. The van der Waals surface area contributed by atoms with Gasteiger partial charge in [-0.1, -0.05) is 32.1 Å². The summed E-state index contributed by atoms with van der Waals surface area (Å²) in [6.07, 6.45) is 11.8. The van der Waals surface area contributed by atoms with E-state index in [-0.39, 0.29) is 17.9 Å². The molecule has 0 aromatic carbocycles. The molecule has 2 aliphatic carbocycles. The van der Waals surface area contributed by atoms with E-state index in [0.717, 1.165) is 38.9 Å². The second kappa shape index (κ2) is 9.51. The Balaban J connectivity index is 1.67. The van der Waals surface area contributed by atoms with Crippen LogP contribution in [0.5, 0.6) is 0 Å². The Bertz CT molecular complexity index is 321. The van der Waals surface area contributed by atoms with Crippen LogP contribution in [0.2, 0.25) is 0 Å². The molecule has 2 N–H and O–H groups in total. The summed E-state index contributed by atoms with van der Waals surface area (Å²) >= 11 is 0. The maximum Gasteiger partial charge on any atom is 0.223 e. The Morgan fingerprint density at radius 1 is 1.14 bits per heavy atom. The number of rotatable bonds is 8. The van der Waals surface area contributed by atoms with Crippen molar-refractivity contribution >= 4 is 5.91 Å². The van der Waals surface area contributed by atoms with Gasteiger partial charge in [0.05, 0.1) is 6.10 Å². The maximum absolute atomic E-state index is 12.0. The quantitative estimate of drug-likeness (QED) is 0.678. The minimum atomic E-state index is -0.269. The molecule has 2 rings (SSSR count). The topological polar surface area (TPSA) is 52.6 Å². The number of hydrogen-bond acceptors (Lipinski definition) is 3. The normalized spacial score (nSPS) is 22.1. The molecule has 0 saturated heterocycles. The number of aliphatic hydroxyl groups is 1. The molecule has 128 valence electrons. The average Bonchev–Trinajstić information content (AvgIpc) is 3.05. The van der Waals surface area contributed by atoms with Gasteiger partial charge in [-0.15, -0.1) is 0 Å². The Labute approximate surface area is 135 Å². The van der Waals surface area contributed by atoms with Crippen molar-refractivity contribution in [3.63, 3.8) is 0 Å². The minimum absolute atomic E-state index is 0.261.